The van der Waals surface area contributed by atoms with E-state index in [2.05, 4.69) is 0 Å². The second kappa shape index (κ2) is 30.9. The van der Waals surface area contributed by atoms with Crippen molar-refractivity contribution in [3.8, 4) is 0 Å². The molecule has 6 heteroatoms. The molecule has 0 unspecified atom stereocenters. The van der Waals surface area contributed by atoms with Gasteiger partial charge >= 0.3 is 0 Å². The predicted octanol–water partition coefficient (Wildman–Crippen LogP) is -0.388. The standard InChI is InChI=1S/Dy.Gd.Mg.Sc.Zn.Zr. The number of hydrogen-bond acceptors (Lipinski definition) is 0. The van der Waals surface area contributed by atoms with Gasteiger partial charge in [-0.2, -0.15) is 0 Å². The van der Waals surface area contributed by atoms with Crippen LogP contribution in [0.15, 0.2) is 0 Å². The molecule has 0 fully saturated rings. The summed E-state index contributed by atoms with van der Waals surface area (Å²) in [7, 11) is 0. The normalized spacial score (nSPS) is 0. The Hall–Kier alpha value is 5.74. The molecule has 0 aliphatic rings. The van der Waals surface area contributed by atoms with Crippen LogP contribution < -0.4 is 0 Å². The first-order valence-corrected chi connectivity index (χ1v) is 0. The third kappa shape index (κ3) is 22.6. The molecule has 0 amide bonds. The van der Waals surface area contributed by atoms with Crippen LogP contribution in [-0.2, 0) is 71.5 Å². The van der Waals surface area contributed by atoms with E-state index in [0.29, 0.717) is 0 Å². The Morgan fingerprint density at radius 2 is 1.00 bits per heavy atom. The van der Waals surface area contributed by atoms with Crippen molar-refractivity contribution in [2.45, 2.75) is 0 Å². The fraction of sp³-hybridized carbons (Fsp3) is 0. The fourth-order valence-corrected chi connectivity index (χ4v) is 0. The maximum absolute atomic E-state index is 0. The molecule has 0 aromatic heterocycles. The second-order valence-electron chi connectivity index (χ2n) is 0. The summed E-state index contributed by atoms with van der Waals surface area (Å²) >= 11 is 0. The zero-order valence-corrected chi connectivity index (χ0v) is 16.1. The van der Waals surface area contributed by atoms with Gasteiger partial charge in [0.2, 0.25) is 0 Å². The van der Waals surface area contributed by atoms with Gasteiger partial charge in [-0.1, -0.05) is 0 Å². The first kappa shape index (κ1) is 41.1. The molecule has 0 aliphatic heterocycles. The van der Waals surface area contributed by atoms with Crippen molar-refractivity contribution in [1.82, 2.24) is 0 Å². The molecule has 0 rings (SSSR count). The largest absolute Gasteiger partial charge is 0 e. The molecule has 0 atom stereocenters. The smallest absolute Gasteiger partial charge is 0 e. The first-order chi connectivity index (χ1) is 0. The molecule has 6 heavy (non-hydrogen) atoms. The maximum atomic E-state index is 0. The summed E-state index contributed by atoms with van der Waals surface area (Å²) in [6.45, 7) is 0. The van der Waals surface area contributed by atoms with E-state index in [1.165, 1.54) is 0 Å². The molecule has 29 valence electrons. The van der Waals surface area contributed by atoms with E-state index < -0.39 is 0 Å². The summed E-state index contributed by atoms with van der Waals surface area (Å²) in [5.41, 5.74) is 0. The van der Waals surface area contributed by atoms with E-state index in [9.17, 15) is 0 Å². The summed E-state index contributed by atoms with van der Waals surface area (Å²) < 4.78 is 0. The third-order valence-electron chi connectivity index (χ3n) is 0. The van der Waals surface area contributed by atoms with Gasteiger partial charge in [-0.05, 0) is 0 Å². The molecule has 0 heterocycles. The van der Waals surface area contributed by atoms with Gasteiger partial charge in [0, 0.05) is 173 Å². The van der Waals surface area contributed by atoms with Gasteiger partial charge in [-0.25, -0.2) is 0 Å². The van der Waals surface area contributed by atoms with E-state index in [4.69, 9.17) is 0 Å². The average Bonchev–Trinajstić information content (AvgIpc) is 0. The van der Waals surface area contributed by atoms with Gasteiger partial charge in [-0.15, -0.1) is 0 Å². The van der Waals surface area contributed by atoms with Crippen LogP contribution in [0.5, 0.6) is 0 Å². The molecular formula is DyGdMgScZnZr. The maximum Gasteiger partial charge on any atom is 0 e. The average molecular weight is 546 g/mol. The van der Waals surface area contributed by atoms with E-state index >= 15 is 0 Å². The van der Waals surface area contributed by atoms with Crippen molar-refractivity contribution < 1.29 is 150 Å². The third-order valence-corrected chi connectivity index (χ3v) is 0. The summed E-state index contributed by atoms with van der Waals surface area (Å²) in [5.74, 6) is 0. The van der Waals surface area contributed by atoms with Crippen LogP contribution in [-0.4, -0.2) is 23.1 Å². The fourth-order valence-electron chi connectivity index (χ4n) is 0. The van der Waals surface area contributed by atoms with E-state index in [1.807, 2.05) is 0 Å². The van der Waals surface area contributed by atoms with Crippen LogP contribution in [0.3, 0.4) is 0 Å². The van der Waals surface area contributed by atoms with Gasteiger partial charge in [0.25, 0.3) is 0 Å². The Bertz CT molecular complexity index is 15.5. The van der Waals surface area contributed by atoms with Crippen molar-refractivity contribution >= 4 is 23.1 Å². The summed E-state index contributed by atoms with van der Waals surface area (Å²) in [4.78, 5) is 0. The number of rotatable bonds is 0. The molecule has 0 saturated carbocycles. The van der Waals surface area contributed by atoms with Crippen molar-refractivity contribution in [2.75, 3.05) is 0 Å². The minimum Gasteiger partial charge on any atom is 0 e. The molecule has 0 spiro atoms. The van der Waals surface area contributed by atoms with Crippen LogP contribution in [0.2, 0.25) is 0 Å². The summed E-state index contributed by atoms with van der Waals surface area (Å²) in [5, 5.41) is 0. The Balaban J connectivity index is 0. The molecule has 0 bridgehead atoms. The zero-order chi connectivity index (χ0) is 0. The molecule has 0 aliphatic carbocycles. The predicted molar refractivity (Wildman–Crippen MR) is 5.75 cm³/mol. The van der Waals surface area contributed by atoms with Crippen LogP contribution in [0.1, 0.15) is 0 Å². The van der Waals surface area contributed by atoms with Crippen molar-refractivity contribution in [2.24, 2.45) is 0 Å². The van der Waals surface area contributed by atoms with Crippen molar-refractivity contribution in [1.29, 1.82) is 0 Å². The molecule has 0 nitrogen and oxygen atoms in total. The quantitative estimate of drug-likeness (QED) is 0.364. The molecule has 3 radical (unpaired) electrons. The second-order valence-corrected chi connectivity index (χ2v) is 0. The zero-order valence-electron chi connectivity index (χ0n) is 3.16. The van der Waals surface area contributed by atoms with E-state index in [0.717, 1.165) is 0 Å². The summed E-state index contributed by atoms with van der Waals surface area (Å²) in [6.07, 6.45) is 0. The van der Waals surface area contributed by atoms with E-state index in [-0.39, 0.29) is 173 Å². The molecular weight excluding hydrogens is 546 g/mol. The van der Waals surface area contributed by atoms with Gasteiger partial charge < -0.3 is 0 Å². The molecule has 0 aromatic carbocycles. The van der Waals surface area contributed by atoms with Crippen LogP contribution in [0, 0.1) is 78.1 Å². The van der Waals surface area contributed by atoms with Crippen LogP contribution in [0.25, 0.3) is 0 Å². The molecule has 0 saturated heterocycles. The van der Waals surface area contributed by atoms with Crippen LogP contribution >= 0.6 is 0 Å². The topological polar surface area (TPSA) is 0 Å². The van der Waals surface area contributed by atoms with Gasteiger partial charge in [0.1, 0.15) is 0 Å². The summed E-state index contributed by atoms with van der Waals surface area (Å²) in [6, 6.07) is 0. The Morgan fingerprint density at radius 3 is 1.00 bits per heavy atom. The Morgan fingerprint density at radius 1 is 1.00 bits per heavy atom. The molecule has 0 N–H and O–H groups in total. The van der Waals surface area contributed by atoms with Gasteiger partial charge in [-0.3, -0.25) is 0 Å². The monoisotopic (exact) mass is 545 g/mol. The Labute approximate surface area is 167 Å². The SMILES string of the molecule is [Dy].[Gd].[Mg].[Sc].[Zn].[Zr]. The van der Waals surface area contributed by atoms with Gasteiger partial charge in [0.15, 0.2) is 0 Å². The minimum atomic E-state index is 0. The number of hydrogen-bond donors (Lipinski definition) is 0. The molecule has 0 aromatic rings. The van der Waals surface area contributed by atoms with Crippen molar-refractivity contribution in [3.05, 3.63) is 0 Å². The van der Waals surface area contributed by atoms with Crippen LogP contribution in [0.4, 0.5) is 0 Å². The van der Waals surface area contributed by atoms with E-state index in [1.54, 1.807) is 0 Å². The van der Waals surface area contributed by atoms with Gasteiger partial charge in [0.05, 0.1) is 0 Å². The van der Waals surface area contributed by atoms with Crippen molar-refractivity contribution in [3.63, 3.8) is 0 Å². The first-order valence-electron chi connectivity index (χ1n) is 0. The Kier molecular flexibility index (Phi) is 212. The minimum absolute atomic E-state index is 0.